The first-order valence-electron chi connectivity index (χ1n) is 10.2. The van der Waals surface area contributed by atoms with Crippen LogP contribution >= 0.6 is 23.5 Å². The third-order valence-corrected chi connectivity index (χ3v) is 7.90. The number of allylic oxidation sites excluding steroid dienone is 1. The topological polar surface area (TPSA) is 105 Å². The van der Waals surface area contributed by atoms with Gasteiger partial charge in [0.25, 0.3) is 5.91 Å². The zero-order valence-corrected chi connectivity index (χ0v) is 20.3. The normalized spacial score (nSPS) is 18.4. The van der Waals surface area contributed by atoms with Gasteiger partial charge in [0.15, 0.2) is 0 Å². The van der Waals surface area contributed by atoms with Gasteiger partial charge in [-0.05, 0) is 44.8 Å². The number of nitrogens with one attached hydrogen (secondary N) is 1. The van der Waals surface area contributed by atoms with E-state index in [1.54, 1.807) is 18.7 Å². The molecule has 0 aliphatic carbocycles. The van der Waals surface area contributed by atoms with Crippen molar-refractivity contribution in [2.45, 2.75) is 32.2 Å². The first-order valence-corrected chi connectivity index (χ1v) is 12.4. The van der Waals surface area contributed by atoms with Crippen LogP contribution < -0.4 is 15.8 Å². The first-order chi connectivity index (χ1) is 14.7. The van der Waals surface area contributed by atoms with E-state index in [1.165, 1.54) is 17.3 Å². The van der Waals surface area contributed by atoms with Crippen LogP contribution in [0.3, 0.4) is 0 Å². The Balaban J connectivity index is 1.84. The number of hydrogen-bond acceptors (Lipinski definition) is 8. The number of amides is 1. The molecule has 2 rings (SSSR count). The highest BCUT2D eigenvalue weighted by molar-refractivity contribution is 8.22. The van der Waals surface area contributed by atoms with Crippen LogP contribution in [0.5, 0.6) is 5.75 Å². The number of hydrogen-bond donors (Lipinski definition) is 3. The number of ether oxygens (including phenoxy) is 1. The predicted octanol–water partition coefficient (Wildman–Crippen LogP) is 2.08. The zero-order valence-electron chi connectivity index (χ0n) is 18.7. The average Bonchev–Trinajstić information content (AvgIpc) is 3.10. The molecule has 1 aliphatic rings. The first kappa shape index (κ1) is 25.7. The van der Waals surface area contributed by atoms with Crippen molar-refractivity contribution in [3.8, 4) is 5.75 Å². The van der Waals surface area contributed by atoms with E-state index in [-0.39, 0.29) is 5.41 Å². The van der Waals surface area contributed by atoms with E-state index in [9.17, 15) is 9.59 Å². The van der Waals surface area contributed by atoms with E-state index >= 15 is 0 Å². The predicted molar refractivity (Wildman–Crippen MR) is 128 cm³/mol. The summed E-state index contributed by atoms with van der Waals surface area (Å²) in [5, 5.41) is 11.3. The van der Waals surface area contributed by atoms with Crippen LogP contribution in [-0.2, 0) is 21.5 Å². The van der Waals surface area contributed by atoms with Gasteiger partial charge in [-0.2, -0.15) is 0 Å². The SMILES string of the molecule is CS/C(SCCN(C)CCC1(C)COc2ccc(CN)cc21)=C(/C)NC(=O)C(=O)CO. The fourth-order valence-corrected chi connectivity index (χ4v) is 5.28. The van der Waals surface area contributed by atoms with Gasteiger partial charge in [0.1, 0.15) is 12.4 Å². The summed E-state index contributed by atoms with van der Waals surface area (Å²) in [4.78, 5) is 25.2. The summed E-state index contributed by atoms with van der Waals surface area (Å²) in [5.74, 6) is 0.197. The number of benzene rings is 1. The van der Waals surface area contributed by atoms with Crippen molar-refractivity contribution in [2.75, 3.05) is 45.4 Å². The maximum absolute atomic E-state index is 11.7. The molecule has 0 fully saturated rings. The third kappa shape index (κ3) is 6.98. The summed E-state index contributed by atoms with van der Waals surface area (Å²) in [5.41, 5.74) is 8.79. The zero-order chi connectivity index (χ0) is 23.0. The maximum Gasteiger partial charge on any atom is 0.294 e. The number of nitrogens with two attached hydrogens (primary N) is 1. The number of thioether (sulfide) groups is 2. The number of carbonyl (C=O) groups excluding carboxylic acids is 2. The standard InChI is InChI=1S/C22H33N3O4S2/c1-15(24-20(28)18(27)13-26)21(30-4)31-10-9-25(3)8-7-22(2)14-29-19-6-5-16(12-23)11-17(19)22/h5-6,11,26H,7-10,12-14,23H2,1-4H3,(H,24,28)/b21-15+. The number of nitrogens with zero attached hydrogens (tertiary/aromatic N) is 1. The molecule has 1 heterocycles. The van der Waals surface area contributed by atoms with Gasteiger partial charge in [-0.1, -0.05) is 19.1 Å². The van der Waals surface area contributed by atoms with Crippen molar-refractivity contribution < 1.29 is 19.4 Å². The van der Waals surface area contributed by atoms with E-state index in [4.69, 9.17) is 15.6 Å². The van der Waals surface area contributed by atoms with Gasteiger partial charge in [0.2, 0.25) is 5.78 Å². The number of Topliss-reactive ketones (excluding diaryl/α,β-unsaturated/α-hetero) is 1. The second kappa shape index (κ2) is 11.9. The number of ketones is 1. The summed E-state index contributed by atoms with van der Waals surface area (Å²) >= 11 is 3.17. The lowest BCUT2D eigenvalue weighted by Gasteiger charge is -2.26. The smallest absolute Gasteiger partial charge is 0.294 e. The van der Waals surface area contributed by atoms with Gasteiger partial charge < -0.3 is 25.8 Å². The van der Waals surface area contributed by atoms with Gasteiger partial charge in [0, 0.05) is 35.5 Å². The molecule has 0 aromatic heterocycles. The molecule has 0 saturated carbocycles. The molecule has 7 nitrogen and oxygen atoms in total. The van der Waals surface area contributed by atoms with Gasteiger partial charge in [-0.25, -0.2) is 0 Å². The number of carbonyl (C=O) groups is 2. The Morgan fingerprint density at radius 2 is 2.10 bits per heavy atom. The van der Waals surface area contributed by atoms with Crippen LogP contribution in [0.25, 0.3) is 0 Å². The molecule has 0 radical (unpaired) electrons. The molecule has 1 amide bonds. The molecule has 0 spiro atoms. The number of aliphatic hydroxyl groups excluding tert-OH is 1. The summed E-state index contributed by atoms with van der Waals surface area (Å²) < 4.78 is 6.86. The molecule has 1 aromatic carbocycles. The summed E-state index contributed by atoms with van der Waals surface area (Å²) in [6.45, 7) is 6.26. The molecule has 31 heavy (non-hydrogen) atoms. The molecule has 4 N–H and O–H groups in total. The van der Waals surface area contributed by atoms with Crippen molar-refractivity contribution in [1.82, 2.24) is 10.2 Å². The lowest BCUT2D eigenvalue weighted by Crippen LogP contribution is -2.32. The second-order valence-corrected chi connectivity index (χ2v) is 10.1. The van der Waals surface area contributed by atoms with Crippen LogP contribution in [0.4, 0.5) is 0 Å². The Bertz CT molecular complexity index is 831. The molecular weight excluding hydrogens is 434 g/mol. The molecule has 0 saturated heterocycles. The monoisotopic (exact) mass is 467 g/mol. The second-order valence-electron chi connectivity index (χ2n) is 7.94. The highest BCUT2D eigenvalue weighted by atomic mass is 32.2. The minimum atomic E-state index is -0.839. The van der Waals surface area contributed by atoms with Crippen LogP contribution in [0.1, 0.15) is 31.4 Å². The average molecular weight is 468 g/mol. The van der Waals surface area contributed by atoms with E-state index < -0.39 is 18.3 Å². The van der Waals surface area contributed by atoms with Crippen molar-refractivity contribution in [3.05, 3.63) is 39.3 Å². The third-order valence-electron chi connectivity index (χ3n) is 5.42. The molecule has 1 aromatic rings. The Morgan fingerprint density at radius 1 is 1.35 bits per heavy atom. The van der Waals surface area contributed by atoms with Gasteiger partial charge >= 0.3 is 0 Å². The van der Waals surface area contributed by atoms with Crippen molar-refractivity contribution in [2.24, 2.45) is 5.73 Å². The summed E-state index contributed by atoms with van der Waals surface area (Å²) in [7, 11) is 2.11. The molecule has 1 atom stereocenters. The highest BCUT2D eigenvalue weighted by Gasteiger charge is 2.36. The van der Waals surface area contributed by atoms with E-state index in [0.29, 0.717) is 18.8 Å². The van der Waals surface area contributed by atoms with E-state index in [1.807, 2.05) is 18.4 Å². The van der Waals surface area contributed by atoms with Crippen molar-refractivity contribution in [3.63, 3.8) is 0 Å². The fraction of sp³-hybridized carbons (Fsp3) is 0.545. The van der Waals surface area contributed by atoms with Crippen LogP contribution in [0.15, 0.2) is 28.1 Å². The van der Waals surface area contributed by atoms with Gasteiger partial charge in [0.05, 0.1) is 10.8 Å². The van der Waals surface area contributed by atoms with Crippen LogP contribution in [0, 0.1) is 0 Å². The van der Waals surface area contributed by atoms with Crippen molar-refractivity contribution >= 4 is 35.2 Å². The Labute approximate surface area is 193 Å². The Morgan fingerprint density at radius 3 is 2.74 bits per heavy atom. The summed E-state index contributed by atoms with van der Waals surface area (Å²) in [6.07, 6.45) is 2.92. The lowest BCUT2D eigenvalue weighted by molar-refractivity contribution is -0.139. The van der Waals surface area contributed by atoms with E-state index in [0.717, 1.165) is 40.8 Å². The van der Waals surface area contributed by atoms with Crippen molar-refractivity contribution in [1.29, 1.82) is 0 Å². The number of aliphatic hydroxyl groups is 1. The van der Waals surface area contributed by atoms with Crippen LogP contribution in [0.2, 0.25) is 0 Å². The molecule has 1 aliphatic heterocycles. The summed E-state index contributed by atoms with van der Waals surface area (Å²) in [6, 6.07) is 6.22. The molecule has 0 bridgehead atoms. The highest BCUT2D eigenvalue weighted by Crippen LogP contribution is 2.41. The quantitative estimate of drug-likeness (QED) is 0.401. The molecule has 1 unspecified atom stereocenters. The maximum atomic E-state index is 11.7. The number of rotatable bonds is 12. The minimum Gasteiger partial charge on any atom is -0.492 e. The Kier molecular flexibility index (Phi) is 9.90. The Hall–Kier alpha value is -1.52. The van der Waals surface area contributed by atoms with Gasteiger partial charge in [-0.3, -0.25) is 9.59 Å². The van der Waals surface area contributed by atoms with Crippen LogP contribution in [-0.4, -0.2) is 67.1 Å². The lowest BCUT2D eigenvalue weighted by atomic mass is 9.80. The molecular formula is C22H33N3O4S2. The molecule has 172 valence electrons. The number of fused-ring (bicyclic) bond motifs is 1. The van der Waals surface area contributed by atoms with E-state index in [2.05, 4.69) is 30.3 Å². The molecule has 9 heteroatoms. The fourth-order valence-electron chi connectivity index (χ4n) is 3.35. The minimum absolute atomic E-state index is 0.0215. The largest absolute Gasteiger partial charge is 0.492 e. The van der Waals surface area contributed by atoms with Gasteiger partial charge in [-0.15, -0.1) is 23.5 Å².